The van der Waals surface area contributed by atoms with Crippen LogP contribution < -0.4 is 0 Å². The van der Waals surface area contributed by atoms with Crippen molar-refractivity contribution in [2.45, 2.75) is 38.1 Å². The lowest BCUT2D eigenvalue weighted by molar-refractivity contribution is -0.565. The quantitative estimate of drug-likeness (QED) is 0.609. The average molecular weight is 247 g/mol. The summed E-state index contributed by atoms with van der Waals surface area (Å²) in [6.07, 6.45) is 2.31. The number of rotatable bonds is 3. The van der Waals surface area contributed by atoms with Gasteiger partial charge < -0.3 is 0 Å². The smallest absolute Gasteiger partial charge is 0.291 e. The van der Waals surface area contributed by atoms with Crippen LogP contribution in [0.3, 0.4) is 0 Å². The van der Waals surface area contributed by atoms with Crippen LogP contribution in [0.5, 0.6) is 0 Å². The zero-order valence-electron chi connectivity index (χ0n) is 10.5. The second kappa shape index (κ2) is 4.88. The maximum Gasteiger partial charge on any atom is 0.304 e. The van der Waals surface area contributed by atoms with Crippen molar-refractivity contribution >= 4 is 5.78 Å². The number of Topliss-reactive ketones (excluding diaryl/α,β-unsaturated/α-hetero) is 1. The normalized spacial score (nSPS) is 28.1. The Balaban J connectivity index is 2.49. The van der Waals surface area contributed by atoms with E-state index in [0.717, 1.165) is 12.8 Å². The average Bonchev–Trinajstić information content (AvgIpc) is 2.40. The van der Waals surface area contributed by atoms with E-state index in [-0.39, 0.29) is 16.6 Å². The van der Waals surface area contributed by atoms with E-state index >= 15 is 0 Å². The van der Waals surface area contributed by atoms with E-state index in [2.05, 4.69) is 0 Å². The maximum absolute atomic E-state index is 12.2. The molecule has 0 N–H and O–H groups in total. The van der Waals surface area contributed by atoms with Gasteiger partial charge in [-0.1, -0.05) is 43.7 Å². The van der Waals surface area contributed by atoms with E-state index in [1.807, 2.05) is 13.0 Å². The summed E-state index contributed by atoms with van der Waals surface area (Å²) in [5.41, 5.74) is -0.988. The van der Waals surface area contributed by atoms with Crippen molar-refractivity contribution in [1.82, 2.24) is 0 Å². The van der Waals surface area contributed by atoms with Crippen LogP contribution in [-0.2, 0) is 10.3 Å². The van der Waals surface area contributed by atoms with Crippen molar-refractivity contribution in [1.29, 1.82) is 0 Å². The van der Waals surface area contributed by atoms with Crippen LogP contribution in [0.2, 0.25) is 0 Å². The molecule has 0 aliphatic heterocycles. The summed E-state index contributed by atoms with van der Waals surface area (Å²) in [5.74, 6) is 0.0108. The largest absolute Gasteiger partial charge is 0.304 e. The summed E-state index contributed by atoms with van der Waals surface area (Å²) in [4.78, 5) is 23.3. The van der Waals surface area contributed by atoms with Gasteiger partial charge in [0, 0.05) is 23.3 Å². The van der Waals surface area contributed by atoms with E-state index in [1.165, 1.54) is 0 Å². The first kappa shape index (κ1) is 12.7. The highest BCUT2D eigenvalue weighted by molar-refractivity contribution is 5.89. The van der Waals surface area contributed by atoms with Gasteiger partial charge in [0.15, 0.2) is 0 Å². The first-order chi connectivity index (χ1) is 8.61. The molecule has 0 saturated heterocycles. The molecule has 1 aliphatic carbocycles. The number of ketones is 1. The fraction of sp³-hybridized carbons (Fsp3) is 0.500. The zero-order valence-corrected chi connectivity index (χ0v) is 10.5. The standard InChI is InChI=1S/C14H17NO3/c1-2-11-8-9-13(16)14(10-11,15(17)18)12-6-4-3-5-7-12/h3-7,11H,2,8-10H2,1H3. The van der Waals surface area contributed by atoms with Gasteiger partial charge in [0.05, 0.1) is 0 Å². The minimum atomic E-state index is -1.51. The number of hydrogen-bond donors (Lipinski definition) is 0. The highest BCUT2D eigenvalue weighted by atomic mass is 16.6. The molecule has 0 radical (unpaired) electrons. The minimum Gasteiger partial charge on any atom is -0.291 e. The molecular weight excluding hydrogens is 230 g/mol. The summed E-state index contributed by atoms with van der Waals surface area (Å²) >= 11 is 0. The fourth-order valence-electron chi connectivity index (χ4n) is 2.80. The Labute approximate surface area is 106 Å². The fourth-order valence-corrected chi connectivity index (χ4v) is 2.80. The van der Waals surface area contributed by atoms with Crippen molar-refractivity contribution in [2.24, 2.45) is 5.92 Å². The predicted molar refractivity (Wildman–Crippen MR) is 67.8 cm³/mol. The first-order valence-electron chi connectivity index (χ1n) is 6.34. The molecule has 1 aliphatic rings. The van der Waals surface area contributed by atoms with Gasteiger partial charge in [0.2, 0.25) is 5.78 Å². The molecule has 4 heteroatoms. The molecule has 0 amide bonds. The summed E-state index contributed by atoms with van der Waals surface area (Å²) < 4.78 is 0. The molecule has 2 rings (SSSR count). The molecule has 1 fully saturated rings. The second-order valence-corrected chi connectivity index (χ2v) is 4.92. The highest BCUT2D eigenvalue weighted by Crippen LogP contribution is 2.41. The number of carbonyl (C=O) groups is 1. The lowest BCUT2D eigenvalue weighted by Crippen LogP contribution is -2.47. The zero-order chi connectivity index (χ0) is 13.2. The van der Waals surface area contributed by atoms with Gasteiger partial charge in [-0.15, -0.1) is 0 Å². The Bertz CT molecular complexity index is 457. The monoisotopic (exact) mass is 247 g/mol. The van der Waals surface area contributed by atoms with Gasteiger partial charge in [-0.25, -0.2) is 0 Å². The summed E-state index contributed by atoms with van der Waals surface area (Å²) in [5, 5.41) is 11.5. The molecule has 2 unspecified atom stereocenters. The Morgan fingerprint density at radius 1 is 1.39 bits per heavy atom. The summed E-state index contributed by atoms with van der Waals surface area (Å²) in [6, 6.07) is 8.70. The van der Waals surface area contributed by atoms with Crippen LogP contribution in [0.1, 0.15) is 38.2 Å². The van der Waals surface area contributed by atoms with Crippen molar-refractivity contribution in [2.75, 3.05) is 0 Å². The van der Waals surface area contributed by atoms with Crippen LogP contribution in [0.4, 0.5) is 0 Å². The summed E-state index contributed by atoms with van der Waals surface area (Å²) in [7, 11) is 0. The Kier molecular flexibility index (Phi) is 3.45. The lowest BCUT2D eigenvalue weighted by Gasteiger charge is -2.32. The third-order valence-corrected chi connectivity index (χ3v) is 3.97. The van der Waals surface area contributed by atoms with Crippen LogP contribution in [-0.4, -0.2) is 10.7 Å². The van der Waals surface area contributed by atoms with Crippen molar-refractivity contribution in [3.8, 4) is 0 Å². The molecule has 0 aromatic heterocycles. The van der Waals surface area contributed by atoms with Gasteiger partial charge in [-0.05, 0) is 12.3 Å². The van der Waals surface area contributed by atoms with Crippen molar-refractivity contribution in [3.63, 3.8) is 0 Å². The molecular formula is C14H17NO3. The van der Waals surface area contributed by atoms with Gasteiger partial charge in [-0.2, -0.15) is 0 Å². The minimum absolute atomic E-state index is 0.247. The van der Waals surface area contributed by atoms with Gasteiger partial charge in [0.1, 0.15) is 0 Å². The molecule has 0 spiro atoms. The van der Waals surface area contributed by atoms with Crippen molar-refractivity contribution < 1.29 is 9.72 Å². The van der Waals surface area contributed by atoms with E-state index < -0.39 is 5.54 Å². The van der Waals surface area contributed by atoms with Gasteiger partial charge in [0.25, 0.3) is 0 Å². The molecule has 1 aromatic carbocycles. The van der Waals surface area contributed by atoms with E-state index in [1.54, 1.807) is 24.3 Å². The highest BCUT2D eigenvalue weighted by Gasteiger charge is 2.55. The van der Waals surface area contributed by atoms with E-state index in [9.17, 15) is 14.9 Å². The number of nitrogens with zero attached hydrogens (tertiary/aromatic N) is 1. The number of hydrogen-bond acceptors (Lipinski definition) is 3. The molecule has 2 atom stereocenters. The molecule has 4 nitrogen and oxygen atoms in total. The lowest BCUT2D eigenvalue weighted by atomic mass is 9.70. The SMILES string of the molecule is CCC1CCC(=O)C(c2ccccc2)([N+](=O)[O-])C1. The third kappa shape index (κ3) is 1.92. The van der Waals surface area contributed by atoms with Crippen LogP contribution >= 0.6 is 0 Å². The number of nitro groups is 1. The molecule has 1 saturated carbocycles. The van der Waals surface area contributed by atoms with Gasteiger partial charge >= 0.3 is 5.54 Å². The third-order valence-electron chi connectivity index (χ3n) is 3.97. The van der Waals surface area contributed by atoms with Gasteiger partial charge in [-0.3, -0.25) is 14.9 Å². The van der Waals surface area contributed by atoms with Crippen LogP contribution in [0.25, 0.3) is 0 Å². The number of benzene rings is 1. The molecule has 18 heavy (non-hydrogen) atoms. The topological polar surface area (TPSA) is 60.2 Å². The van der Waals surface area contributed by atoms with E-state index in [4.69, 9.17) is 0 Å². The molecule has 0 heterocycles. The summed E-state index contributed by atoms with van der Waals surface area (Å²) in [6.45, 7) is 2.02. The van der Waals surface area contributed by atoms with Crippen LogP contribution in [0.15, 0.2) is 30.3 Å². The molecule has 1 aromatic rings. The predicted octanol–water partition coefficient (Wildman–Crippen LogP) is 2.94. The molecule has 0 bridgehead atoms. The Morgan fingerprint density at radius 2 is 2.06 bits per heavy atom. The molecule has 96 valence electrons. The van der Waals surface area contributed by atoms with E-state index in [0.29, 0.717) is 18.4 Å². The first-order valence-corrected chi connectivity index (χ1v) is 6.34. The van der Waals surface area contributed by atoms with Crippen molar-refractivity contribution in [3.05, 3.63) is 46.0 Å². The number of carbonyl (C=O) groups excluding carboxylic acids is 1. The van der Waals surface area contributed by atoms with Crippen LogP contribution in [0, 0.1) is 16.0 Å². The Hall–Kier alpha value is -1.71. The maximum atomic E-state index is 12.2. The Morgan fingerprint density at radius 3 is 2.61 bits per heavy atom. The second-order valence-electron chi connectivity index (χ2n) is 4.92.